The Morgan fingerprint density at radius 3 is 2.72 bits per heavy atom. The first kappa shape index (κ1) is 12.4. The molecule has 0 atom stereocenters. The number of nitrogens with one attached hydrogen (secondary N) is 1. The van der Waals surface area contributed by atoms with Crippen LogP contribution in [0.4, 0.5) is 17.2 Å². The summed E-state index contributed by atoms with van der Waals surface area (Å²) in [6.07, 6.45) is 3.74. The highest BCUT2D eigenvalue weighted by Gasteiger charge is 2.12. The molecular formula is C13H19N5. The van der Waals surface area contributed by atoms with Gasteiger partial charge in [-0.25, -0.2) is 4.98 Å². The molecule has 5 nitrogen and oxygen atoms in total. The largest absolute Gasteiger partial charge is 0.396 e. The topological polar surface area (TPSA) is 68.8 Å². The molecule has 3 N–H and O–H groups in total. The average molecular weight is 245 g/mol. The van der Waals surface area contributed by atoms with Gasteiger partial charge in [0.2, 0.25) is 0 Å². The molecule has 2 aromatic rings. The van der Waals surface area contributed by atoms with Gasteiger partial charge in [-0.05, 0) is 24.5 Å². The molecule has 2 rings (SSSR count). The van der Waals surface area contributed by atoms with Crippen LogP contribution >= 0.6 is 0 Å². The highest BCUT2D eigenvalue weighted by Crippen LogP contribution is 2.27. The van der Waals surface area contributed by atoms with Gasteiger partial charge in [-0.15, -0.1) is 0 Å². The summed E-state index contributed by atoms with van der Waals surface area (Å²) in [7, 11) is 1.91. The van der Waals surface area contributed by atoms with Gasteiger partial charge in [-0.3, -0.25) is 4.68 Å². The van der Waals surface area contributed by atoms with Crippen molar-refractivity contribution in [3.05, 3.63) is 29.7 Å². The lowest BCUT2D eigenvalue weighted by Gasteiger charge is -2.10. The van der Waals surface area contributed by atoms with Crippen molar-refractivity contribution in [2.45, 2.75) is 26.7 Å². The SMILES string of the molecule is Cc1cnc(Nc2cn(C)nc2C(C)C)c(N)c1. The molecule has 0 unspecified atom stereocenters. The molecule has 0 bridgehead atoms. The third-order valence-corrected chi connectivity index (χ3v) is 2.71. The van der Waals surface area contributed by atoms with Crippen molar-refractivity contribution in [1.82, 2.24) is 14.8 Å². The zero-order valence-corrected chi connectivity index (χ0v) is 11.2. The average Bonchev–Trinajstić information content (AvgIpc) is 2.64. The van der Waals surface area contributed by atoms with Crippen molar-refractivity contribution in [3.8, 4) is 0 Å². The number of anilines is 3. The Kier molecular flexibility index (Phi) is 3.23. The number of pyridine rings is 1. The van der Waals surface area contributed by atoms with E-state index in [4.69, 9.17) is 5.73 Å². The number of hydrogen-bond acceptors (Lipinski definition) is 4. The summed E-state index contributed by atoms with van der Waals surface area (Å²) < 4.78 is 1.79. The summed E-state index contributed by atoms with van der Waals surface area (Å²) in [4.78, 5) is 4.31. The Morgan fingerprint density at radius 1 is 1.39 bits per heavy atom. The zero-order valence-electron chi connectivity index (χ0n) is 11.2. The minimum absolute atomic E-state index is 0.348. The smallest absolute Gasteiger partial charge is 0.153 e. The van der Waals surface area contributed by atoms with E-state index in [0.29, 0.717) is 17.4 Å². The normalized spacial score (nSPS) is 10.9. The van der Waals surface area contributed by atoms with Crippen molar-refractivity contribution < 1.29 is 0 Å². The van der Waals surface area contributed by atoms with Crippen LogP contribution in [-0.2, 0) is 7.05 Å². The van der Waals surface area contributed by atoms with E-state index in [1.165, 1.54) is 0 Å². The van der Waals surface area contributed by atoms with Crippen LogP contribution in [0, 0.1) is 6.92 Å². The van der Waals surface area contributed by atoms with E-state index < -0.39 is 0 Å². The van der Waals surface area contributed by atoms with Crippen molar-refractivity contribution in [3.63, 3.8) is 0 Å². The van der Waals surface area contributed by atoms with E-state index in [1.807, 2.05) is 26.2 Å². The van der Waals surface area contributed by atoms with Gasteiger partial charge < -0.3 is 11.1 Å². The van der Waals surface area contributed by atoms with Crippen molar-refractivity contribution in [1.29, 1.82) is 0 Å². The minimum Gasteiger partial charge on any atom is -0.396 e. The molecular weight excluding hydrogens is 226 g/mol. The molecule has 0 saturated heterocycles. The molecule has 18 heavy (non-hydrogen) atoms. The third-order valence-electron chi connectivity index (χ3n) is 2.71. The molecule has 5 heteroatoms. The fourth-order valence-electron chi connectivity index (χ4n) is 1.85. The summed E-state index contributed by atoms with van der Waals surface area (Å²) >= 11 is 0. The van der Waals surface area contributed by atoms with Crippen molar-refractivity contribution >= 4 is 17.2 Å². The maximum Gasteiger partial charge on any atom is 0.153 e. The molecule has 0 spiro atoms. The molecule has 96 valence electrons. The Morgan fingerprint density at radius 2 is 2.11 bits per heavy atom. The second-order valence-electron chi connectivity index (χ2n) is 4.83. The van der Waals surface area contributed by atoms with Gasteiger partial charge in [0.25, 0.3) is 0 Å². The molecule has 0 aromatic carbocycles. The molecule has 0 aliphatic carbocycles. The van der Waals surface area contributed by atoms with E-state index in [0.717, 1.165) is 16.9 Å². The van der Waals surface area contributed by atoms with E-state index in [1.54, 1.807) is 10.9 Å². The van der Waals surface area contributed by atoms with E-state index >= 15 is 0 Å². The Bertz CT molecular complexity index is 557. The number of nitrogen functional groups attached to an aromatic ring is 1. The van der Waals surface area contributed by atoms with Crippen LogP contribution in [-0.4, -0.2) is 14.8 Å². The highest BCUT2D eigenvalue weighted by atomic mass is 15.3. The van der Waals surface area contributed by atoms with Gasteiger partial charge in [0.15, 0.2) is 5.82 Å². The fourth-order valence-corrected chi connectivity index (χ4v) is 1.85. The van der Waals surface area contributed by atoms with Crippen LogP contribution in [0.2, 0.25) is 0 Å². The monoisotopic (exact) mass is 245 g/mol. The predicted octanol–water partition coefficient (Wildman–Crippen LogP) is 2.57. The summed E-state index contributed by atoms with van der Waals surface area (Å²) in [6.45, 7) is 6.19. The number of aromatic nitrogens is 3. The summed E-state index contributed by atoms with van der Waals surface area (Å²) in [5.41, 5.74) is 9.61. The lowest BCUT2D eigenvalue weighted by atomic mass is 10.1. The predicted molar refractivity (Wildman–Crippen MR) is 74.0 cm³/mol. The number of rotatable bonds is 3. The van der Waals surface area contributed by atoms with E-state index in [9.17, 15) is 0 Å². The highest BCUT2D eigenvalue weighted by molar-refractivity contribution is 5.69. The molecule has 0 fully saturated rings. The molecule has 0 aliphatic rings. The van der Waals surface area contributed by atoms with Crippen LogP contribution in [0.25, 0.3) is 0 Å². The summed E-state index contributed by atoms with van der Waals surface area (Å²) in [6, 6.07) is 1.90. The van der Waals surface area contributed by atoms with Gasteiger partial charge in [-0.1, -0.05) is 13.8 Å². The summed E-state index contributed by atoms with van der Waals surface area (Å²) in [5, 5.41) is 7.69. The molecule has 0 saturated carbocycles. The molecule has 2 aromatic heterocycles. The van der Waals surface area contributed by atoms with Crippen LogP contribution in [0.5, 0.6) is 0 Å². The third kappa shape index (κ3) is 2.45. The second kappa shape index (κ2) is 4.68. The van der Waals surface area contributed by atoms with Gasteiger partial charge in [0, 0.05) is 19.4 Å². The van der Waals surface area contributed by atoms with E-state index in [2.05, 4.69) is 29.2 Å². The Balaban J connectivity index is 2.33. The van der Waals surface area contributed by atoms with Gasteiger partial charge >= 0.3 is 0 Å². The molecule has 2 heterocycles. The number of nitrogens with zero attached hydrogens (tertiary/aromatic N) is 3. The van der Waals surface area contributed by atoms with Crippen molar-refractivity contribution in [2.75, 3.05) is 11.1 Å². The minimum atomic E-state index is 0.348. The zero-order chi connectivity index (χ0) is 13.3. The Hall–Kier alpha value is -2.04. The first-order chi connectivity index (χ1) is 8.47. The lowest BCUT2D eigenvalue weighted by molar-refractivity contribution is 0.713. The van der Waals surface area contributed by atoms with Crippen LogP contribution in [0.1, 0.15) is 31.0 Å². The number of nitrogens with two attached hydrogens (primary N) is 1. The van der Waals surface area contributed by atoms with Gasteiger partial charge in [0.1, 0.15) is 0 Å². The molecule has 0 radical (unpaired) electrons. The van der Waals surface area contributed by atoms with Crippen LogP contribution in [0.15, 0.2) is 18.5 Å². The van der Waals surface area contributed by atoms with Crippen LogP contribution < -0.4 is 11.1 Å². The number of hydrogen-bond donors (Lipinski definition) is 2. The number of aryl methyl sites for hydroxylation is 2. The fraction of sp³-hybridized carbons (Fsp3) is 0.385. The van der Waals surface area contributed by atoms with Gasteiger partial charge in [0.05, 0.1) is 17.1 Å². The van der Waals surface area contributed by atoms with Gasteiger partial charge in [-0.2, -0.15) is 5.10 Å². The lowest BCUT2D eigenvalue weighted by Crippen LogP contribution is -2.01. The first-order valence-electron chi connectivity index (χ1n) is 6.00. The summed E-state index contributed by atoms with van der Waals surface area (Å²) in [5.74, 6) is 1.02. The first-order valence-corrected chi connectivity index (χ1v) is 6.00. The van der Waals surface area contributed by atoms with Crippen LogP contribution in [0.3, 0.4) is 0 Å². The molecule has 0 amide bonds. The second-order valence-corrected chi connectivity index (χ2v) is 4.83. The quantitative estimate of drug-likeness (QED) is 0.872. The molecule has 0 aliphatic heterocycles. The van der Waals surface area contributed by atoms with E-state index in [-0.39, 0.29) is 0 Å². The maximum absolute atomic E-state index is 5.95. The maximum atomic E-state index is 5.95. The Labute approximate surface area is 107 Å². The standard InChI is InChI=1S/C13H19N5/c1-8(2)12-11(7-18(4)17-12)16-13-10(14)5-9(3)6-15-13/h5-8H,14H2,1-4H3,(H,15,16). The van der Waals surface area contributed by atoms with Crippen molar-refractivity contribution in [2.24, 2.45) is 7.05 Å².